The molecule has 0 unspecified atom stereocenters. The summed E-state index contributed by atoms with van der Waals surface area (Å²) in [5.74, 6) is 0.0730. The topological polar surface area (TPSA) is 54.3 Å². The van der Waals surface area contributed by atoms with Gasteiger partial charge in [-0.1, -0.05) is 13.0 Å². The summed E-state index contributed by atoms with van der Waals surface area (Å²) in [5.41, 5.74) is 5.59. The lowest BCUT2D eigenvalue weighted by Crippen LogP contribution is -2.18. The molecule has 3 rings (SSSR count). The third kappa shape index (κ3) is 3.00. The molecule has 4 heteroatoms. The van der Waals surface area contributed by atoms with E-state index in [2.05, 4.69) is 41.9 Å². The molecule has 0 fully saturated rings. The number of aryl methyl sites for hydroxylation is 4. The van der Waals surface area contributed by atoms with Crippen molar-refractivity contribution in [1.29, 1.82) is 0 Å². The number of hydrogen-bond acceptors (Lipinski definition) is 2. The number of nitrogens with zero attached hydrogens (tertiary/aromatic N) is 1. The van der Waals surface area contributed by atoms with Gasteiger partial charge in [-0.15, -0.1) is 0 Å². The predicted octanol–water partition coefficient (Wildman–Crippen LogP) is 4.80. The summed E-state index contributed by atoms with van der Waals surface area (Å²) in [4.78, 5) is 13.0. The van der Waals surface area contributed by atoms with Gasteiger partial charge in [0.05, 0.1) is 0 Å². The minimum absolute atomic E-state index is 0.123. The van der Waals surface area contributed by atoms with Crippen LogP contribution in [0.5, 0.6) is 5.75 Å². The van der Waals surface area contributed by atoms with Gasteiger partial charge in [0.25, 0.3) is 5.91 Å². The Morgan fingerprint density at radius 3 is 2.52 bits per heavy atom. The Morgan fingerprint density at radius 2 is 1.88 bits per heavy atom. The normalized spacial score (nSPS) is 11.0. The van der Waals surface area contributed by atoms with Crippen LogP contribution in [0.2, 0.25) is 0 Å². The van der Waals surface area contributed by atoms with E-state index in [1.807, 2.05) is 13.8 Å². The Morgan fingerprint density at radius 1 is 1.12 bits per heavy atom. The smallest absolute Gasteiger partial charge is 0.272 e. The van der Waals surface area contributed by atoms with Crippen LogP contribution in [0.1, 0.15) is 41.0 Å². The van der Waals surface area contributed by atoms with Gasteiger partial charge < -0.3 is 15.0 Å². The summed E-state index contributed by atoms with van der Waals surface area (Å²) in [6, 6.07) is 11.4. The van der Waals surface area contributed by atoms with Crippen LogP contribution in [0, 0.1) is 13.8 Å². The van der Waals surface area contributed by atoms with Crippen LogP contribution in [-0.2, 0) is 13.0 Å². The lowest BCUT2D eigenvalue weighted by atomic mass is 10.1. The van der Waals surface area contributed by atoms with Gasteiger partial charge in [-0.3, -0.25) is 4.79 Å². The highest BCUT2D eigenvalue weighted by Crippen LogP contribution is 2.28. The van der Waals surface area contributed by atoms with Crippen molar-refractivity contribution in [3.05, 3.63) is 58.8 Å². The molecule has 0 aliphatic heterocycles. The number of carbonyl (C=O) groups excluding carboxylic acids is 1. The second kappa shape index (κ2) is 6.63. The maximum Gasteiger partial charge on any atom is 0.272 e. The van der Waals surface area contributed by atoms with E-state index in [4.69, 9.17) is 0 Å². The van der Waals surface area contributed by atoms with Crippen LogP contribution in [0.15, 0.2) is 36.4 Å². The highest BCUT2D eigenvalue weighted by atomic mass is 16.3. The lowest BCUT2D eigenvalue weighted by Gasteiger charge is -2.12. The Bertz CT molecular complexity index is 954. The first-order chi connectivity index (χ1) is 12.0. The van der Waals surface area contributed by atoms with Crippen molar-refractivity contribution >= 4 is 22.5 Å². The molecular weight excluding hydrogens is 312 g/mol. The zero-order chi connectivity index (χ0) is 18.1. The molecule has 1 heterocycles. The van der Waals surface area contributed by atoms with Crippen molar-refractivity contribution in [2.45, 2.75) is 40.7 Å². The standard InChI is InChI=1S/C21H24N2O2/c1-5-15-7-10-19-17(12-15)14(4)20(23(19)6-2)21(25)22-18-9-8-16(24)11-13(18)3/h7-12,24H,5-6H2,1-4H3,(H,22,25). The number of hydrogen-bond donors (Lipinski definition) is 2. The van der Waals surface area contributed by atoms with Crippen LogP contribution in [-0.4, -0.2) is 15.6 Å². The maximum absolute atomic E-state index is 13.0. The van der Waals surface area contributed by atoms with E-state index in [0.717, 1.165) is 35.0 Å². The number of rotatable bonds is 4. The van der Waals surface area contributed by atoms with Crippen LogP contribution in [0.4, 0.5) is 5.69 Å². The van der Waals surface area contributed by atoms with Gasteiger partial charge in [-0.25, -0.2) is 0 Å². The Hall–Kier alpha value is -2.75. The van der Waals surface area contributed by atoms with E-state index in [0.29, 0.717) is 11.4 Å². The fourth-order valence-corrected chi connectivity index (χ4v) is 3.38. The number of amides is 1. The number of fused-ring (bicyclic) bond motifs is 1. The lowest BCUT2D eigenvalue weighted by molar-refractivity contribution is 0.101. The van der Waals surface area contributed by atoms with Crippen molar-refractivity contribution in [1.82, 2.24) is 4.57 Å². The molecule has 0 saturated heterocycles. The molecule has 1 amide bonds. The van der Waals surface area contributed by atoms with Crippen LogP contribution >= 0.6 is 0 Å². The first kappa shape index (κ1) is 17.1. The number of carbonyl (C=O) groups is 1. The largest absolute Gasteiger partial charge is 0.508 e. The first-order valence-electron chi connectivity index (χ1n) is 8.69. The first-order valence-corrected chi connectivity index (χ1v) is 8.69. The van der Waals surface area contributed by atoms with Crippen LogP contribution in [0.3, 0.4) is 0 Å². The molecule has 2 aromatic carbocycles. The summed E-state index contributed by atoms with van der Waals surface area (Å²) in [5, 5.41) is 13.7. The molecule has 0 saturated carbocycles. The number of aromatic hydroxyl groups is 1. The van der Waals surface area contributed by atoms with Gasteiger partial charge in [0.15, 0.2) is 0 Å². The van der Waals surface area contributed by atoms with Gasteiger partial charge >= 0.3 is 0 Å². The van der Waals surface area contributed by atoms with Crippen LogP contribution < -0.4 is 5.32 Å². The molecule has 0 radical (unpaired) electrons. The second-order valence-electron chi connectivity index (χ2n) is 6.38. The van der Waals surface area contributed by atoms with Gasteiger partial charge in [0, 0.05) is 23.1 Å². The van der Waals surface area contributed by atoms with Crippen molar-refractivity contribution < 1.29 is 9.90 Å². The molecule has 0 spiro atoms. The number of phenolic OH excluding ortho intramolecular Hbond substituents is 1. The minimum Gasteiger partial charge on any atom is -0.508 e. The van der Waals surface area contributed by atoms with Gasteiger partial charge in [0.1, 0.15) is 11.4 Å². The van der Waals surface area contributed by atoms with Gasteiger partial charge in [-0.2, -0.15) is 0 Å². The number of phenols is 1. The third-order valence-corrected chi connectivity index (χ3v) is 4.78. The molecule has 130 valence electrons. The third-order valence-electron chi connectivity index (χ3n) is 4.78. The van der Waals surface area contributed by atoms with E-state index in [-0.39, 0.29) is 11.7 Å². The second-order valence-corrected chi connectivity index (χ2v) is 6.38. The zero-order valence-electron chi connectivity index (χ0n) is 15.2. The van der Waals surface area contributed by atoms with E-state index < -0.39 is 0 Å². The monoisotopic (exact) mass is 336 g/mol. The van der Waals surface area contributed by atoms with E-state index in [1.54, 1.807) is 18.2 Å². The van der Waals surface area contributed by atoms with Crippen molar-refractivity contribution in [2.24, 2.45) is 0 Å². The van der Waals surface area contributed by atoms with E-state index in [9.17, 15) is 9.90 Å². The summed E-state index contributed by atoms with van der Waals surface area (Å²) in [6.45, 7) is 8.79. The average molecular weight is 336 g/mol. The fraction of sp³-hybridized carbons (Fsp3) is 0.286. The van der Waals surface area contributed by atoms with E-state index >= 15 is 0 Å². The van der Waals surface area contributed by atoms with Gasteiger partial charge in [0.2, 0.25) is 0 Å². The van der Waals surface area contributed by atoms with Gasteiger partial charge in [-0.05, 0) is 74.2 Å². The maximum atomic E-state index is 13.0. The molecular formula is C21H24N2O2. The Labute approximate surface area is 148 Å². The minimum atomic E-state index is -0.123. The predicted molar refractivity (Wildman–Crippen MR) is 103 cm³/mol. The fourth-order valence-electron chi connectivity index (χ4n) is 3.38. The molecule has 3 aromatic rings. The quantitative estimate of drug-likeness (QED) is 0.673. The number of anilines is 1. The number of benzene rings is 2. The van der Waals surface area contributed by atoms with Crippen molar-refractivity contribution in [3.8, 4) is 5.75 Å². The van der Waals surface area contributed by atoms with E-state index in [1.165, 1.54) is 5.56 Å². The molecule has 0 atom stereocenters. The Balaban J connectivity index is 2.07. The summed E-state index contributed by atoms with van der Waals surface area (Å²) < 4.78 is 2.06. The molecule has 0 bridgehead atoms. The highest BCUT2D eigenvalue weighted by molar-refractivity contribution is 6.08. The summed E-state index contributed by atoms with van der Waals surface area (Å²) >= 11 is 0. The molecule has 25 heavy (non-hydrogen) atoms. The Kier molecular flexibility index (Phi) is 4.53. The molecule has 0 aliphatic rings. The zero-order valence-corrected chi connectivity index (χ0v) is 15.2. The number of aromatic nitrogens is 1. The van der Waals surface area contributed by atoms with Crippen molar-refractivity contribution in [3.63, 3.8) is 0 Å². The highest BCUT2D eigenvalue weighted by Gasteiger charge is 2.20. The summed E-state index contributed by atoms with van der Waals surface area (Å²) in [6.07, 6.45) is 0.973. The molecule has 2 N–H and O–H groups in total. The van der Waals surface area contributed by atoms with Crippen LogP contribution in [0.25, 0.3) is 10.9 Å². The molecule has 1 aromatic heterocycles. The molecule has 0 aliphatic carbocycles. The SMILES string of the molecule is CCc1ccc2c(c1)c(C)c(C(=O)Nc1ccc(O)cc1C)n2CC. The molecule has 4 nitrogen and oxygen atoms in total. The average Bonchev–Trinajstić information content (AvgIpc) is 2.88. The summed E-state index contributed by atoms with van der Waals surface area (Å²) in [7, 11) is 0. The van der Waals surface area contributed by atoms with Crippen molar-refractivity contribution in [2.75, 3.05) is 5.32 Å². The number of nitrogens with one attached hydrogen (secondary N) is 1.